The molecule has 1 aromatic rings. The second-order valence-corrected chi connectivity index (χ2v) is 4.51. The number of carboxylic acid groups (broad SMARTS) is 1. The van der Waals surface area contributed by atoms with E-state index in [0.717, 1.165) is 12.8 Å². The van der Waals surface area contributed by atoms with E-state index < -0.39 is 12.1 Å². The van der Waals surface area contributed by atoms with Gasteiger partial charge in [0.15, 0.2) is 6.10 Å². The lowest BCUT2D eigenvalue weighted by Gasteiger charge is -2.15. The maximum absolute atomic E-state index is 11.0. The number of benzene rings is 1. The zero-order valence-electron chi connectivity index (χ0n) is 9.45. The van der Waals surface area contributed by atoms with Crippen molar-refractivity contribution in [1.82, 2.24) is 0 Å². The molecule has 1 unspecified atom stereocenters. The lowest BCUT2D eigenvalue weighted by Crippen LogP contribution is -2.27. The summed E-state index contributed by atoms with van der Waals surface area (Å²) in [5.74, 6) is -0.683. The van der Waals surface area contributed by atoms with Gasteiger partial charge in [0.1, 0.15) is 5.75 Å². The number of hydrogen-bond donors (Lipinski definition) is 1. The molecule has 1 aromatic carbocycles. The Morgan fingerprint density at radius 3 is 2.76 bits per heavy atom. The molecule has 0 aliphatic carbocycles. The van der Waals surface area contributed by atoms with Crippen LogP contribution < -0.4 is 4.74 Å². The molecule has 0 fully saturated rings. The van der Waals surface area contributed by atoms with Crippen LogP contribution in [0.3, 0.4) is 0 Å². The van der Waals surface area contributed by atoms with Crippen LogP contribution in [0.5, 0.6) is 5.75 Å². The third-order valence-corrected chi connectivity index (χ3v) is 2.81. The molecule has 0 aliphatic rings. The Morgan fingerprint density at radius 1 is 1.47 bits per heavy atom. The molecular formula is C12H14Cl2O3. The van der Waals surface area contributed by atoms with E-state index in [1.54, 1.807) is 12.1 Å². The average Bonchev–Trinajstić information content (AvgIpc) is 2.28. The van der Waals surface area contributed by atoms with Gasteiger partial charge in [-0.15, -0.1) is 0 Å². The zero-order chi connectivity index (χ0) is 12.8. The van der Waals surface area contributed by atoms with Crippen LogP contribution in [0.1, 0.15) is 26.2 Å². The molecular weight excluding hydrogens is 263 g/mol. The number of rotatable bonds is 6. The summed E-state index contributed by atoms with van der Waals surface area (Å²) in [7, 11) is 0. The lowest BCUT2D eigenvalue weighted by molar-refractivity contribution is -0.145. The predicted molar refractivity (Wildman–Crippen MR) is 68.0 cm³/mol. The fourth-order valence-corrected chi connectivity index (χ4v) is 1.67. The third kappa shape index (κ3) is 4.44. The van der Waals surface area contributed by atoms with Crippen LogP contribution in [0.2, 0.25) is 10.0 Å². The van der Waals surface area contributed by atoms with Gasteiger partial charge < -0.3 is 9.84 Å². The third-order valence-electron chi connectivity index (χ3n) is 2.26. The fourth-order valence-electron chi connectivity index (χ4n) is 1.34. The highest BCUT2D eigenvalue weighted by Crippen LogP contribution is 2.29. The van der Waals surface area contributed by atoms with Gasteiger partial charge >= 0.3 is 5.97 Å². The summed E-state index contributed by atoms with van der Waals surface area (Å²) in [6.07, 6.45) is 1.27. The van der Waals surface area contributed by atoms with Crippen LogP contribution in [-0.4, -0.2) is 17.2 Å². The molecule has 1 atom stereocenters. The van der Waals surface area contributed by atoms with Crippen molar-refractivity contribution in [3.8, 4) is 5.75 Å². The molecule has 1 rings (SSSR count). The Morgan fingerprint density at radius 2 is 2.18 bits per heavy atom. The average molecular weight is 277 g/mol. The van der Waals surface area contributed by atoms with Crippen molar-refractivity contribution in [1.29, 1.82) is 0 Å². The number of halogens is 2. The normalized spacial score (nSPS) is 12.2. The summed E-state index contributed by atoms with van der Waals surface area (Å²) in [6, 6.07) is 4.72. The van der Waals surface area contributed by atoms with Crippen molar-refractivity contribution in [2.45, 2.75) is 32.3 Å². The Balaban J connectivity index is 2.78. The first-order valence-electron chi connectivity index (χ1n) is 5.39. The molecule has 0 saturated carbocycles. The number of carboxylic acids is 1. The number of unbranched alkanes of at least 4 members (excludes halogenated alkanes) is 1. The molecule has 0 heterocycles. The van der Waals surface area contributed by atoms with Gasteiger partial charge in [0.05, 0.1) is 5.02 Å². The van der Waals surface area contributed by atoms with Crippen LogP contribution >= 0.6 is 23.2 Å². The molecule has 94 valence electrons. The quantitative estimate of drug-likeness (QED) is 0.854. The van der Waals surface area contributed by atoms with Crippen molar-refractivity contribution >= 4 is 29.2 Å². The van der Waals surface area contributed by atoms with Crippen molar-refractivity contribution in [3.63, 3.8) is 0 Å². The van der Waals surface area contributed by atoms with Gasteiger partial charge in [0, 0.05) is 11.1 Å². The maximum Gasteiger partial charge on any atom is 0.344 e. The smallest absolute Gasteiger partial charge is 0.344 e. The summed E-state index contributed by atoms with van der Waals surface area (Å²) in [4.78, 5) is 11.0. The lowest BCUT2D eigenvalue weighted by atomic mass is 10.1. The van der Waals surface area contributed by atoms with E-state index in [1.807, 2.05) is 6.92 Å². The number of hydrogen-bond acceptors (Lipinski definition) is 2. The minimum absolute atomic E-state index is 0.308. The van der Waals surface area contributed by atoms with Crippen LogP contribution in [0, 0.1) is 0 Å². The van der Waals surface area contributed by atoms with Gasteiger partial charge in [-0.3, -0.25) is 0 Å². The molecule has 3 nitrogen and oxygen atoms in total. The van der Waals surface area contributed by atoms with E-state index in [0.29, 0.717) is 22.2 Å². The van der Waals surface area contributed by atoms with E-state index in [1.165, 1.54) is 6.07 Å². The molecule has 0 aliphatic heterocycles. The minimum Gasteiger partial charge on any atom is -0.479 e. The molecule has 1 N–H and O–H groups in total. The van der Waals surface area contributed by atoms with Gasteiger partial charge in [0.2, 0.25) is 0 Å². The summed E-state index contributed by atoms with van der Waals surface area (Å²) >= 11 is 11.7. The molecule has 0 saturated heterocycles. The molecule has 0 spiro atoms. The standard InChI is InChI=1S/C12H14Cl2O3/c1-2-3-4-10(12(15)16)17-11-7-8(13)5-6-9(11)14/h5-7,10H,2-4H2,1H3,(H,15,16). The predicted octanol–water partition coefficient (Wildman–Crippen LogP) is 4.02. The SMILES string of the molecule is CCCCC(Oc1cc(Cl)ccc1Cl)C(=O)O. The number of carbonyl (C=O) groups is 1. The van der Waals surface area contributed by atoms with Crippen LogP contribution in [0.15, 0.2) is 18.2 Å². The van der Waals surface area contributed by atoms with E-state index >= 15 is 0 Å². The number of ether oxygens (including phenoxy) is 1. The summed E-state index contributed by atoms with van der Waals surface area (Å²) in [6.45, 7) is 1.99. The molecule has 0 radical (unpaired) electrons. The topological polar surface area (TPSA) is 46.5 Å². The van der Waals surface area contributed by atoms with Crippen LogP contribution in [0.4, 0.5) is 0 Å². The van der Waals surface area contributed by atoms with Crippen LogP contribution in [-0.2, 0) is 4.79 Å². The zero-order valence-corrected chi connectivity index (χ0v) is 11.0. The minimum atomic E-state index is -0.991. The van der Waals surface area contributed by atoms with Crippen molar-refractivity contribution in [2.24, 2.45) is 0 Å². The largest absolute Gasteiger partial charge is 0.479 e. The van der Waals surface area contributed by atoms with Crippen LogP contribution in [0.25, 0.3) is 0 Å². The molecule has 0 aromatic heterocycles. The van der Waals surface area contributed by atoms with E-state index in [4.69, 9.17) is 33.0 Å². The Kier molecular flexibility index (Phi) is 5.59. The highest BCUT2D eigenvalue weighted by Gasteiger charge is 2.19. The van der Waals surface area contributed by atoms with Gasteiger partial charge in [-0.1, -0.05) is 36.5 Å². The first-order chi connectivity index (χ1) is 8.04. The first-order valence-corrected chi connectivity index (χ1v) is 6.14. The summed E-state index contributed by atoms with van der Waals surface area (Å²) in [5.41, 5.74) is 0. The highest BCUT2D eigenvalue weighted by molar-refractivity contribution is 6.34. The van der Waals surface area contributed by atoms with E-state index in [2.05, 4.69) is 0 Å². The Labute approximate surface area is 110 Å². The maximum atomic E-state index is 11.0. The molecule has 0 bridgehead atoms. The Hall–Kier alpha value is -0.930. The summed E-state index contributed by atoms with van der Waals surface area (Å²) in [5, 5.41) is 9.84. The van der Waals surface area contributed by atoms with Crippen molar-refractivity contribution < 1.29 is 14.6 Å². The monoisotopic (exact) mass is 276 g/mol. The van der Waals surface area contributed by atoms with Crippen molar-refractivity contribution in [2.75, 3.05) is 0 Å². The Bertz CT molecular complexity index is 393. The fraction of sp³-hybridized carbons (Fsp3) is 0.417. The second-order valence-electron chi connectivity index (χ2n) is 3.66. The van der Waals surface area contributed by atoms with Gasteiger partial charge in [-0.05, 0) is 25.0 Å². The van der Waals surface area contributed by atoms with Gasteiger partial charge in [-0.2, -0.15) is 0 Å². The van der Waals surface area contributed by atoms with E-state index in [9.17, 15) is 4.79 Å². The second kappa shape index (κ2) is 6.72. The van der Waals surface area contributed by atoms with E-state index in [-0.39, 0.29) is 0 Å². The molecule has 5 heteroatoms. The van der Waals surface area contributed by atoms with Crippen molar-refractivity contribution in [3.05, 3.63) is 28.2 Å². The first kappa shape index (κ1) is 14.1. The number of aliphatic carboxylic acids is 1. The molecule has 17 heavy (non-hydrogen) atoms. The molecule has 0 amide bonds. The van der Waals surface area contributed by atoms with Gasteiger partial charge in [0.25, 0.3) is 0 Å². The van der Waals surface area contributed by atoms with Gasteiger partial charge in [-0.25, -0.2) is 4.79 Å². The summed E-state index contributed by atoms with van der Waals surface area (Å²) < 4.78 is 5.37. The highest BCUT2D eigenvalue weighted by atomic mass is 35.5.